The number of anilines is 1. The number of para-hydroxylation sites is 1. The van der Waals surface area contributed by atoms with Crippen molar-refractivity contribution in [3.8, 4) is 5.75 Å². The van der Waals surface area contributed by atoms with Crippen LogP contribution in [0, 0.1) is 0 Å². The van der Waals surface area contributed by atoms with E-state index < -0.39 is 0 Å². The van der Waals surface area contributed by atoms with Crippen molar-refractivity contribution in [3.05, 3.63) is 59.7 Å². The summed E-state index contributed by atoms with van der Waals surface area (Å²) in [6, 6.07) is 17.4. The summed E-state index contributed by atoms with van der Waals surface area (Å²) >= 11 is 0. The van der Waals surface area contributed by atoms with E-state index in [2.05, 4.69) is 34.1 Å². The van der Waals surface area contributed by atoms with Crippen LogP contribution in [0.2, 0.25) is 0 Å². The van der Waals surface area contributed by atoms with Gasteiger partial charge in [-0.3, -0.25) is 4.90 Å². The van der Waals surface area contributed by atoms with Gasteiger partial charge in [0.2, 0.25) is 0 Å². The Morgan fingerprint density at radius 3 is 2.14 bits per heavy atom. The van der Waals surface area contributed by atoms with Gasteiger partial charge in [0, 0.05) is 37.9 Å². The smallest absolute Gasteiger partial charge is 0.115 e. The second-order valence-electron chi connectivity index (χ2n) is 8.46. The van der Waals surface area contributed by atoms with Crippen LogP contribution in [0.15, 0.2) is 48.5 Å². The van der Waals surface area contributed by atoms with Crippen molar-refractivity contribution >= 4 is 5.69 Å². The monoisotopic (exact) mass is 378 g/mol. The molecule has 1 saturated heterocycles. The molecule has 0 atom stereocenters. The SMILES string of the molecule is Oc1ccc(CCc2ccccc2N2CCN(C3CCCCCC3)CC2)cc1. The maximum absolute atomic E-state index is 9.48. The molecule has 2 fully saturated rings. The molecule has 0 spiro atoms. The zero-order valence-corrected chi connectivity index (χ0v) is 17.0. The number of benzene rings is 2. The Bertz CT molecular complexity index is 726. The van der Waals surface area contributed by atoms with Gasteiger partial charge in [-0.2, -0.15) is 0 Å². The second kappa shape index (κ2) is 9.47. The number of phenols is 1. The first-order valence-corrected chi connectivity index (χ1v) is 11.1. The summed E-state index contributed by atoms with van der Waals surface area (Å²) in [4.78, 5) is 5.36. The molecule has 1 aliphatic heterocycles. The quantitative estimate of drug-likeness (QED) is 0.740. The highest BCUT2D eigenvalue weighted by Gasteiger charge is 2.25. The molecule has 0 radical (unpaired) electrons. The van der Waals surface area contributed by atoms with Crippen LogP contribution in [0.5, 0.6) is 5.75 Å². The predicted octanol–water partition coefficient (Wildman–Crippen LogP) is 5.02. The highest BCUT2D eigenvalue weighted by molar-refractivity contribution is 5.54. The summed E-state index contributed by atoms with van der Waals surface area (Å²) in [6.45, 7) is 4.70. The van der Waals surface area contributed by atoms with Crippen LogP contribution in [-0.2, 0) is 12.8 Å². The zero-order valence-electron chi connectivity index (χ0n) is 17.0. The highest BCUT2D eigenvalue weighted by Crippen LogP contribution is 2.27. The minimum Gasteiger partial charge on any atom is -0.508 e. The van der Waals surface area contributed by atoms with Crippen LogP contribution in [0.3, 0.4) is 0 Å². The van der Waals surface area contributed by atoms with Gasteiger partial charge < -0.3 is 10.0 Å². The van der Waals surface area contributed by atoms with E-state index >= 15 is 0 Å². The first-order valence-electron chi connectivity index (χ1n) is 11.1. The minimum absolute atomic E-state index is 0.343. The maximum Gasteiger partial charge on any atom is 0.115 e. The number of piperazine rings is 1. The molecule has 150 valence electrons. The highest BCUT2D eigenvalue weighted by atomic mass is 16.3. The maximum atomic E-state index is 9.48. The number of hydrogen-bond donors (Lipinski definition) is 1. The molecule has 0 aromatic heterocycles. The normalized spacial score (nSPS) is 19.5. The second-order valence-corrected chi connectivity index (χ2v) is 8.46. The molecule has 28 heavy (non-hydrogen) atoms. The number of hydrogen-bond acceptors (Lipinski definition) is 3. The van der Waals surface area contributed by atoms with Crippen LogP contribution in [0.1, 0.15) is 49.7 Å². The van der Waals surface area contributed by atoms with Gasteiger partial charge in [-0.25, -0.2) is 0 Å². The van der Waals surface area contributed by atoms with Crippen LogP contribution in [0.25, 0.3) is 0 Å². The van der Waals surface area contributed by atoms with Gasteiger partial charge in [0.05, 0.1) is 0 Å². The van der Waals surface area contributed by atoms with E-state index in [1.165, 1.54) is 68.4 Å². The molecule has 2 aliphatic rings. The van der Waals surface area contributed by atoms with Gasteiger partial charge >= 0.3 is 0 Å². The third-order valence-corrected chi connectivity index (χ3v) is 6.61. The van der Waals surface area contributed by atoms with Gasteiger partial charge in [0.15, 0.2) is 0 Å². The molecular formula is C25H34N2O. The van der Waals surface area contributed by atoms with E-state index in [4.69, 9.17) is 0 Å². The van der Waals surface area contributed by atoms with Gasteiger partial charge in [0.1, 0.15) is 5.75 Å². The van der Waals surface area contributed by atoms with Crippen molar-refractivity contribution in [2.45, 2.75) is 57.4 Å². The van der Waals surface area contributed by atoms with E-state index in [9.17, 15) is 5.11 Å². The average molecular weight is 379 g/mol. The van der Waals surface area contributed by atoms with Crippen LogP contribution < -0.4 is 4.90 Å². The molecule has 0 amide bonds. The fourth-order valence-electron chi connectivity index (χ4n) is 4.92. The van der Waals surface area contributed by atoms with Crippen LogP contribution in [-0.4, -0.2) is 42.2 Å². The summed E-state index contributed by atoms with van der Waals surface area (Å²) < 4.78 is 0. The Labute approximate surface area is 170 Å². The molecule has 1 aliphatic carbocycles. The largest absolute Gasteiger partial charge is 0.508 e. The summed E-state index contributed by atoms with van der Waals surface area (Å²) in [7, 11) is 0. The number of phenolic OH excluding ortho intramolecular Hbond substituents is 1. The molecular weight excluding hydrogens is 344 g/mol. The summed E-state index contributed by atoms with van der Waals surface area (Å²) in [5.41, 5.74) is 4.14. The van der Waals surface area contributed by atoms with Gasteiger partial charge in [0.25, 0.3) is 0 Å². The molecule has 0 unspecified atom stereocenters. The molecule has 0 bridgehead atoms. The van der Waals surface area contributed by atoms with Gasteiger partial charge in [-0.15, -0.1) is 0 Å². The van der Waals surface area contributed by atoms with Crippen molar-refractivity contribution in [1.82, 2.24) is 4.90 Å². The Morgan fingerprint density at radius 1 is 0.750 bits per heavy atom. The molecule has 2 aromatic carbocycles. The fourth-order valence-corrected chi connectivity index (χ4v) is 4.92. The topological polar surface area (TPSA) is 26.7 Å². The van der Waals surface area contributed by atoms with Gasteiger partial charge in [-0.1, -0.05) is 56.0 Å². The van der Waals surface area contributed by atoms with E-state index in [0.717, 1.165) is 32.0 Å². The molecule has 4 rings (SSSR count). The first-order chi connectivity index (χ1) is 13.8. The van der Waals surface area contributed by atoms with Crippen LogP contribution >= 0.6 is 0 Å². The van der Waals surface area contributed by atoms with Crippen molar-refractivity contribution < 1.29 is 5.11 Å². The fraction of sp³-hybridized carbons (Fsp3) is 0.520. The lowest BCUT2D eigenvalue weighted by Crippen LogP contribution is -2.50. The Morgan fingerprint density at radius 2 is 1.43 bits per heavy atom. The molecule has 3 nitrogen and oxygen atoms in total. The molecule has 1 saturated carbocycles. The third-order valence-electron chi connectivity index (χ3n) is 6.61. The zero-order chi connectivity index (χ0) is 19.2. The van der Waals surface area contributed by atoms with E-state index in [0.29, 0.717) is 5.75 Å². The molecule has 3 heteroatoms. The Kier molecular flexibility index (Phi) is 6.53. The lowest BCUT2D eigenvalue weighted by Gasteiger charge is -2.40. The van der Waals surface area contributed by atoms with Crippen molar-refractivity contribution in [1.29, 1.82) is 0 Å². The lowest BCUT2D eigenvalue weighted by molar-refractivity contribution is 0.169. The number of aromatic hydroxyl groups is 1. The first kappa shape index (κ1) is 19.3. The molecule has 2 aromatic rings. The number of aryl methyl sites for hydroxylation is 2. The molecule has 1 N–H and O–H groups in total. The summed E-state index contributed by atoms with van der Waals surface area (Å²) in [5.74, 6) is 0.343. The standard InChI is InChI=1S/C25H34N2O/c28-24-15-12-21(13-16-24)11-14-22-7-5-6-10-25(22)27-19-17-26(18-20-27)23-8-3-1-2-4-9-23/h5-7,10,12-13,15-16,23,28H,1-4,8-9,11,14,17-20H2. The predicted molar refractivity (Wildman–Crippen MR) is 117 cm³/mol. The van der Waals surface area contributed by atoms with Crippen molar-refractivity contribution in [2.75, 3.05) is 31.1 Å². The van der Waals surface area contributed by atoms with E-state index in [1.54, 1.807) is 12.1 Å². The Balaban J connectivity index is 1.36. The van der Waals surface area contributed by atoms with Crippen molar-refractivity contribution in [2.24, 2.45) is 0 Å². The lowest BCUT2D eigenvalue weighted by atomic mass is 10.0. The third kappa shape index (κ3) is 4.88. The van der Waals surface area contributed by atoms with Crippen molar-refractivity contribution in [3.63, 3.8) is 0 Å². The average Bonchev–Trinajstić information content (AvgIpc) is 3.03. The van der Waals surface area contributed by atoms with E-state index in [1.807, 2.05) is 12.1 Å². The minimum atomic E-state index is 0.343. The summed E-state index contributed by atoms with van der Waals surface area (Å²) in [5, 5.41) is 9.48. The van der Waals surface area contributed by atoms with Gasteiger partial charge in [-0.05, 0) is 55.0 Å². The summed E-state index contributed by atoms with van der Waals surface area (Å²) in [6.07, 6.45) is 10.6. The number of nitrogens with zero attached hydrogens (tertiary/aromatic N) is 2. The number of rotatable bonds is 5. The van der Waals surface area contributed by atoms with Crippen LogP contribution in [0.4, 0.5) is 5.69 Å². The molecule has 1 heterocycles. The Hall–Kier alpha value is -2.00. The van der Waals surface area contributed by atoms with E-state index in [-0.39, 0.29) is 0 Å².